The minimum atomic E-state index is -1.21. The third-order valence-electron chi connectivity index (χ3n) is 2.47. The summed E-state index contributed by atoms with van der Waals surface area (Å²) in [5, 5.41) is 11.5. The van der Waals surface area contributed by atoms with Crippen LogP contribution in [-0.4, -0.2) is 9.32 Å². The Morgan fingerprint density at radius 1 is 1.24 bits per heavy atom. The smallest absolute Gasteiger partial charge is 0.0866 e. The van der Waals surface area contributed by atoms with E-state index in [4.69, 9.17) is 0 Å². The van der Waals surface area contributed by atoms with Crippen LogP contribution in [0.4, 0.5) is 0 Å². The normalized spacial score (nSPS) is 14.5. The fourth-order valence-corrected chi connectivity index (χ4v) is 3.93. The highest BCUT2D eigenvalue weighted by atomic mass is 32.2. The third-order valence-corrected chi connectivity index (χ3v) is 5.14. The molecule has 2 rings (SSSR count). The molecule has 0 saturated carbocycles. The number of aliphatic hydroxyl groups is 1. The summed E-state index contributed by atoms with van der Waals surface area (Å²) in [6, 6.07) is 9.45. The molecule has 0 radical (unpaired) electrons. The SMILES string of the molecule is Cc1ccc([S@](=O)c2ccsc2[C@H](C)O)cc1. The van der Waals surface area contributed by atoms with E-state index >= 15 is 0 Å². The molecule has 2 aromatic rings. The van der Waals surface area contributed by atoms with Gasteiger partial charge in [-0.2, -0.15) is 0 Å². The molecule has 0 aliphatic carbocycles. The molecule has 0 unspecified atom stereocenters. The Morgan fingerprint density at radius 3 is 2.47 bits per heavy atom. The number of aryl methyl sites for hydroxylation is 1. The van der Waals surface area contributed by atoms with Crippen molar-refractivity contribution in [2.24, 2.45) is 0 Å². The van der Waals surface area contributed by atoms with Crippen LogP contribution in [0.3, 0.4) is 0 Å². The van der Waals surface area contributed by atoms with Crippen LogP contribution in [0, 0.1) is 6.92 Å². The van der Waals surface area contributed by atoms with Gasteiger partial charge in [0.2, 0.25) is 0 Å². The number of rotatable bonds is 3. The van der Waals surface area contributed by atoms with Gasteiger partial charge in [-0.15, -0.1) is 11.3 Å². The average Bonchev–Trinajstić information content (AvgIpc) is 2.78. The van der Waals surface area contributed by atoms with Crippen molar-refractivity contribution in [3.05, 3.63) is 46.2 Å². The van der Waals surface area contributed by atoms with Crippen molar-refractivity contribution in [2.75, 3.05) is 0 Å². The maximum atomic E-state index is 12.4. The lowest BCUT2D eigenvalue weighted by Crippen LogP contribution is -1.97. The molecule has 0 aliphatic rings. The van der Waals surface area contributed by atoms with E-state index in [0.29, 0.717) is 4.90 Å². The monoisotopic (exact) mass is 266 g/mol. The molecule has 1 heterocycles. The first-order valence-electron chi connectivity index (χ1n) is 5.33. The molecule has 90 valence electrons. The van der Waals surface area contributed by atoms with Crippen molar-refractivity contribution in [1.29, 1.82) is 0 Å². The average molecular weight is 266 g/mol. The fourth-order valence-electron chi connectivity index (χ4n) is 1.56. The molecule has 0 saturated heterocycles. The topological polar surface area (TPSA) is 37.3 Å². The zero-order valence-electron chi connectivity index (χ0n) is 9.71. The molecule has 2 nitrogen and oxygen atoms in total. The van der Waals surface area contributed by atoms with Gasteiger partial charge in [-0.1, -0.05) is 17.7 Å². The largest absolute Gasteiger partial charge is 0.388 e. The zero-order chi connectivity index (χ0) is 12.4. The minimum Gasteiger partial charge on any atom is -0.388 e. The fraction of sp³-hybridized carbons (Fsp3) is 0.231. The van der Waals surface area contributed by atoms with E-state index in [1.807, 2.05) is 42.6 Å². The Labute approximate surface area is 107 Å². The van der Waals surface area contributed by atoms with Crippen LogP contribution >= 0.6 is 11.3 Å². The summed E-state index contributed by atoms with van der Waals surface area (Å²) in [7, 11) is -1.21. The van der Waals surface area contributed by atoms with Gasteiger partial charge >= 0.3 is 0 Å². The van der Waals surface area contributed by atoms with Crippen LogP contribution in [0.15, 0.2) is 45.5 Å². The van der Waals surface area contributed by atoms with Gasteiger partial charge < -0.3 is 5.11 Å². The van der Waals surface area contributed by atoms with Gasteiger partial charge in [-0.05, 0) is 37.4 Å². The Hall–Kier alpha value is -0.970. The molecule has 17 heavy (non-hydrogen) atoms. The molecule has 4 heteroatoms. The molecule has 1 aromatic heterocycles. The van der Waals surface area contributed by atoms with Crippen LogP contribution < -0.4 is 0 Å². The van der Waals surface area contributed by atoms with Gasteiger partial charge in [0.15, 0.2) is 0 Å². The quantitative estimate of drug-likeness (QED) is 0.925. The van der Waals surface area contributed by atoms with E-state index in [1.54, 1.807) is 6.92 Å². The Kier molecular flexibility index (Phi) is 3.76. The lowest BCUT2D eigenvalue weighted by Gasteiger charge is -2.06. The first-order valence-corrected chi connectivity index (χ1v) is 7.36. The molecular formula is C13H14O2S2. The van der Waals surface area contributed by atoms with Crippen molar-refractivity contribution in [3.63, 3.8) is 0 Å². The van der Waals surface area contributed by atoms with Crippen LogP contribution in [0.2, 0.25) is 0 Å². The number of thiophene rings is 1. The summed E-state index contributed by atoms with van der Waals surface area (Å²) in [4.78, 5) is 2.27. The zero-order valence-corrected chi connectivity index (χ0v) is 11.3. The molecule has 0 amide bonds. The molecule has 1 aromatic carbocycles. The van der Waals surface area contributed by atoms with E-state index in [-0.39, 0.29) is 0 Å². The van der Waals surface area contributed by atoms with Crippen molar-refractivity contribution in [1.82, 2.24) is 0 Å². The highest BCUT2D eigenvalue weighted by molar-refractivity contribution is 7.85. The number of aliphatic hydroxyl groups excluding tert-OH is 1. The summed E-state index contributed by atoms with van der Waals surface area (Å²) >= 11 is 1.44. The van der Waals surface area contributed by atoms with Gasteiger partial charge in [0.05, 0.1) is 21.8 Å². The summed E-state index contributed by atoms with van der Waals surface area (Å²) in [6.07, 6.45) is -0.570. The van der Waals surface area contributed by atoms with Crippen LogP contribution in [0.5, 0.6) is 0 Å². The molecule has 0 aliphatic heterocycles. The van der Waals surface area contributed by atoms with Gasteiger partial charge in [-0.3, -0.25) is 0 Å². The first kappa shape index (κ1) is 12.5. The first-order chi connectivity index (χ1) is 8.09. The van der Waals surface area contributed by atoms with Gasteiger partial charge in [0.1, 0.15) is 0 Å². The van der Waals surface area contributed by atoms with Crippen molar-refractivity contribution in [3.8, 4) is 0 Å². The van der Waals surface area contributed by atoms with E-state index in [1.165, 1.54) is 11.3 Å². The van der Waals surface area contributed by atoms with E-state index < -0.39 is 16.9 Å². The lowest BCUT2D eigenvalue weighted by atomic mass is 10.2. The van der Waals surface area contributed by atoms with Crippen LogP contribution in [0.25, 0.3) is 0 Å². The second-order valence-corrected chi connectivity index (χ2v) is 6.30. The minimum absolute atomic E-state index is 0.570. The molecule has 0 fully saturated rings. The summed E-state index contributed by atoms with van der Waals surface area (Å²) in [5.41, 5.74) is 1.15. The van der Waals surface area contributed by atoms with Crippen molar-refractivity contribution >= 4 is 22.1 Å². The van der Waals surface area contributed by atoms with E-state index in [9.17, 15) is 9.32 Å². The maximum Gasteiger partial charge on any atom is 0.0866 e. The molecule has 1 N–H and O–H groups in total. The Balaban J connectivity index is 2.37. The Bertz CT molecular complexity index is 527. The second kappa shape index (κ2) is 5.12. The summed E-state index contributed by atoms with van der Waals surface area (Å²) < 4.78 is 12.4. The standard InChI is InChI=1S/C13H14O2S2/c1-9-3-5-11(6-4-9)17(15)12-7-8-16-13(12)10(2)14/h3-8,10,14H,1-2H3/t10-,17-/m0/s1. The predicted octanol–water partition coefficient (Wildman–Crippen LogP) is 3.28. The molecule has 2 atom stereocenters. The highest BCUT2D eigenvalue weighted by Crippen LogP contribution is 2.29. The molecule has 0 bridgehead atoms. The van der Waals surface area contributed by atoms with Crippen LogP contribution in [-0.2, 0) is 10.8 Å². The maximum absolute atomic E-state index is 12.4. The van der Waals surface area contributed by atoms with Crippen molar-refractivity contribution in [2.45, 2.75) is 29.7 Å². The molecule has 0 spiro atoms. The van der Waals surface area contributed by atoms with Crippen LogP contribution in [0.1, 0.15) is 23.5 Å². The van der Waals surface area contributed by atoms with Gasteiger partial charge in [-0.25, -0.2) is 4.21 Å². The Morgan fingerprint density at radius 2 is 1.88 bits per heavy atom. The van der Waals surface area contributed by atoms with E-state index in [2.05, 4.69) is 0 Å². The van der Waals surface area contributed by atoms with Crippen molar-refractivity contribution < 1.29 is 9.32 Å². The summed E-state index contributed by atoms with van der Waals surface area (Å²) in [5.74, 6) is 0. The highest BCUT2D eigenvalue weighted by Gasteiger charge is 2.16. The molecular weight excluding hydrogens is 252 g/mol. The number of hydrogen-bond acceptors (Lipinski definition) is 3. The second-order valence-electron chi connectivity index (χ2n) is 3.91. The van der Waals surface area contributed by atoms with E-state index in [0.717, 1.165) is 15.3 Å². The third kappa shape index (κ3) is 2.65. The predicted molar refractivity (Wildman–Crippen MR) is 70.8 cm³/mol. The van der Waals surface area contributed by atoms with Gasteiger partial charge in [0.25, 0.3) is 0 Å². The lowest BCUT2D eigenvalue weighted by molar-refractivity contribution is 0.200. The van der Waals surface area contributed by atoms with Gasteiger partial charge in [0, 0.05) is 9.77 Å². The number of hydrogen-bond donors (Lipinski definition) is 1. The number of benzene rings is 1. The summed E-state index contributed by atoms with van der Waals surface area (Å²) in [6.45, 7) is 3.69.